The van der Waals surface area contributed by atoms with Gasteiger partial charge in [-0.3, -0.25) is 4.72 Å². The van der Waals surface area contributed by atoms with Crippen LogP contribution in [0.1, 0.15) is 42.9 Å². The minimum absolute atomic E-state index is 0.0507. The second kappa shape index (κ2) is 7.49. The van der Waals surface area contributed by atoms with Crippen LogP contribution in [0.25, 0.3) is 5.69 Å². The van der Waals surface area contributed by atoms with Crippen molar-refractivity contribution in [2.45, 2.75) is 36.5 Å². The Labute approximate surface area is 164 Å². The number of nitriles is 1. The summed E-state index contributed by atoms with van der Waals surface area (Å²) in [5.74, 6) is 0.755. The monoisotopic (exact) mass is 392 g/mol. The van der Waals surface area contributed by atoms with Gasteiger partial charge in [0.1, 0.15) is 5.82 Å². The lowest BCUT2D eigenvalue weighted by Crippen LogP contribution is -2.16. The topological polar surface area (TPSA) is 87.8 Å². The smallest absolute Gasteiger partial charge is 0.263 e. The molecule has 28 heavy (non-hydrogen) atoms. The van der Waals surface area contributed by atoms with E-state index in [1.807, 2.05) is 42.5 Å². The Kier molecular flexibility index (Phi) is 4.88. The molecule has 6 nitrogen and oxygen atoms in total. The molecule has 0 unspecified atom stereocenters. The van der Waals surface area contributed by atoms with Gasteiger partial charge in [-0.25, -0.2) is 13.1 Å². The number of sulfonamides is 1. The van der Waals surface area contributed by atoms with Crippen molar-refractivity contribution < 1.29 is 8.42 Å². The zero-order valence-electron chi connectivity index (χ0n) is 15.2. The molecule has 3 aromatic rings. The predicted molar refractivity (Wildman–Crippen MR) is 107 cm³/mol. The number of hydrogen-bond donors (Lipinski definition) is 1. The van der Waals surface area contributed by atoms with Crippen LogP contribution in [-0.4, -0.2) is 18.2 Å². The normalized spacial score (nSPS) is 14.7. The fraction of sp³-hybridized carbons (Fsp3) is 0.238. The van der Waals surface area contributed by atoms with Crippen molar-refractivity contribution in [3.8, 4) is 11.8 Å². The van der Waals surface area contributed by atoms with E-state index in [0.717, 1.165) is 24.2 Å². The molecule has 0 amide bonds. The number of rotatable bonds is 5. The molecule has 1 fully saturated rings. The number of hydrogen-bond acceptors (Lipinski definition) is 4. The number of nitrogens with zero attached hydrogens (tertiary/aromatic N) is 3. The van der Waals surface area contributed by atoms with Crippen LogP contribution < -0.4 is 4.72 Å². The van der Waals surface area contributed by atoms with Crippen LogP contribution in [0, 0.1) is 11.3 Å². The summed E-state index contributed by atoms with van der Waals surface area (Å²) in [6.45, 7) is 0. The summed E-state index contributed by atoms with van der Waals surface area (Å²) in [7, 11) is -3.85. The Morgan fingerprint density at radius 1 is 1.04 bits per heavy atom. The van der Waals surface area contributed by atoms with Crippen LogP contribution in [0.15, 0.2) is 65.6 Å². The quantitative estimate of drug-likeness (QED) is 0.705. The van der Waals surface area contributed by atoms with Crippen LogP contribution in [0.5, 0.6) is 0 Å². The maximum absolute atomic E-state index is 12.9. The number of nitrogens with one attached hydrogen (secondary N) is 1. The third kappa shape index (κ3) is 3.64. The number of anilines is 1. The molecular formula is C21H20N4O2S. The summed E-state index contributed by atoms with van der Waals surface area (Å²) in [6.07, 6.45) is 4.49. The zero-order valence-corrected chi connectivity index (χ0v) is 16.1. The first kappa shape index (κ1) is 18.3. The van der Waals surface area contributed by atoms with E-state index >= 15 is 0 Å². The molecule has 1 aromatic heterocycles. The summed E-state index contributed by atoms with van der Waals surface area (Å²) >= 11 is 0. The summed E-state index contributed by atoms with van der Waals surface area (Å²) < 4.78 is 30.1. The van der Waals surface area contributed by atoms with E-state index in [4.69, 9.17) is 10.4 Å². The molecule has 1 aliphatic carbocycles. The average Bonchev–Trinajstić information content (AvgIpc) is 3.38. The number of benzene rings is 2. The molecule has 1 N–H and O–H groups in total. The molecule has 0 saturated heterocycles. The SMILES string of the molecule is N#Cc1cccc(S(=O)(=O)Nc2cc(C3CCCC3)nn2-c2ccccc2)c1. The lowest BCUT2D eigenvalue weighted by molar-refractivity contribution is 0.600. The van der Waals surface area contributed by atoms with Gasteiger partial charge in [-0.2, -0.15) is 10.4 Å². The summed E-state index contributed by atoms with van der Waals surface area (Å²) in [4.78, 5) is 0.0507. The minimum Gasteiger partial charge on any atom is -0.263 e. The molecule has 142 valence electrons. The maximum Gasteiger partial charge on any atom is 0.263 e. The van der Waals surface area contributed by atoms with E-state index in [9.17, 15) is 8.42 Å². The Balaban J connectivity index is 1.74. The van der Waals surface area contributed by atoms with Crippen molar-refractivity contribution in [1.82, 2.24) is 9.78 Å². The second-order valence-corrected chi connectivity index (χ2v) is 8.61. The van der Waals surface area contributed by atoms with Crippen molar-refractivity contribution in [2.75, 3.05) is 4.72 Å². The first-order chi connectivity index (χ1) is 13.6. The molecule has 0 bridgehead atoms. The molecule has 0 atom stereocenters. The molecular weight excluding hydrogens is 372 g/mol. The van der Waals surface area contributed by atoms with Crippen molar-refractivity contribution in [1.29, 1.82) is 5.26 Å². The van der Waals surface area contributed by atoms with Gasteiger partial charge >= 0.3 is 0 Å². The average molecular weight is 392 g/mol. The van der Waals surface area contributed by atoms with Gasteiger partial charge in [0, 0.05) is 12.0 Å². The van der Waals surface area contributed by atoms with E-state index in [1.165, 1.54) is 25.0 Å². The van der Waals surface area contributed by atoms with Gasteiger partial charge in [0.2, 0.25) is 0 Å². The lowest BCUT2D eigenvalue weighted by Gasteiger charge is -2.10. The highest BCUT2D eigenvalue weighted by atomic mass is 32.2. The van der Waals surface area contributed by atoms with E-state index in [1.54, 1.807) is 16.8 Å². The molecule has 0 aliphatic heterocycles. The molecule has 1 heterocycles. The molecule has 7 heteroatoms. The Morgan fingerprint density at radius 2 is 1.79 bits per heavy atom. The highest BCUT2D eigenvalue weighted by molar-refractivity contribution is 7.92. The molecule has 2 aromatic carbocycles. The van der Waals surface area contributed by atoms with Gasteiger partial charge in [-0.05, 0) is 43.2 Å². The van der Waals surface area contributed by atoms with Gasteiger partial charge < -0.3 is 0 Å². The highest BCUT2D eigenvalue weighted by Crippen LogP contribution is 2.35. The van der Waals surface area contributed by atoms with Gasteiger partial charge in [0.15, 0.2) is 0 Å². The molecule has 4 rings (SSSR count). The van der Waals surface area contributed by atoms with E-state index in [-0.39, 0.29) is 4.90 Å². The minimum atomic E-state index is -3.85. The van der Waals surface area contributed by atoms with Crippen molar-refractivity contribution in [3.05, 3.63) is 71.9 Å². The first-order valence-corrected chi connectivity index (χ1v) is 10.7. The third-order valence-electron chi connectivity index (χ3n) is 5.01. The second-order valence-electron chi connectivity index (χ2n) is 6.93. The van der Waals surface area contributed by atoms with Gasteiger partial charge in [0.25, 0.3) is 10.0 Å². The predicted octanol–water partition coefficient (Wildman–Crippen LogP) is 4.20. The zero-order chi connectivity index (χ0) is 19.6. The van der Waals surface area contributed by atoms with Gasteiger partial charge in [0.05, 0.1) is 27.9 Å². The fourth-order valence-corrected chi connectivity index (χ4v) is 4.67. The fourth-order valence-electron chi connectivity index (χ4n) is 3.59. The van der Waals surface area contributed by atoms with Crippen LogP contribution in [0.4, 0.5) is 5.82 Å². The van der Waals surface area contributed by atoms with Crippen LogP contribution >= 0.6 is 0 Å². The van der Waals surface area contributed by atoms with Crippen molar-refractivity contribution in [3.63, 3.8) is 0 Å². The van der Waals surface area contributed by atoms with Crippen molar-refractivity contribution in [2.24, 2.45) is 0 Å². The van der Waals surface area contributed by atoms with E-state index in [2.05, 4.69) is 4.72 Å². The van der Waals surface area contributed by atoms with Gasteiger partial charge in [-0.1, -0.05) is 37.1 Å². The molecule has 1 saturated carbocycles. The van der Waals surface area contributed by atoms with E-state index < -0.39 is 10.0 Å². The Bertz CT molecular complexity index is 1120. The molecule has 0 radical (unpaired) electrons. The summed E-state index contributed by atoms with van der Waals surface area (Å²) in [6, 6.07) is 19.2. The van der Waals surface area contributed by atoms with Crippen LogP contribution in [-0.2, 0) is 10.0 Å². The van der Waals surface area contributed by atoms with E-state index in [0.29, 0.717) is 17.3 Å². The summed E-state index contributed by atoms with van der Waals surface area (Å²) in [5.41, 5.74) is 1.99. The summed E-state index contributed by atoms with van der Waals surface area (Å²) in [5, 5.41) is 13.8. The Morgan fingerprint density at radius 3 is 2.50 bits per heavy atom. The highest BCUT2D eigenvalue weighted by Gasteiger charge is 2.24. The number of para-hydroxylation sites is 1. The third-order valence-corrected chi connectivity index (χ3v) is 6.37. The van der Waals surface area contributed by atoms with Crippen molar-refractivity contribution >= 4 is 15.8 Å². The Hall–Kier alpha value is -3.11. The standard InChI is InChI=1S/C21H20N4O2S/c22-15-16-7-6-12-19(13-16)28(26,27)24-21-14-20(17-8-4-5-9-17)23-25(21)18-10-2-1-3-11-18/h1-3,6-7,10-14,17,24H,4-5,8-9H2. The van der Waals surface area contributed by atoms with Crippen LogP contribution in [0.2, 0.25) is 0 Å². The number of aromatic nitrogens is 2. The lowest BCUT2D eigenvalue weighted by atomic mass is 10.1. The molecule has 1 aliphatic rings. The van der Waals surface area contributed by atoms with Gasteiger partial charge in [-0.15, -0.1) is 0 Å². The maximum atomic E-state index is 12.9. The first-order valence-electron chi connectivity index (χ1n) is 9.25. The largest absolute Gasteiger partial charge is 0.263 e. The molecule has 0 spiro atoms. The van der Waals surface area contributed by atoms with Crippen LogP contribution in [0.3, 0.4) is 0 Å².